The highest BCUT2D eigenvalue weighted by Crippen LogP contribution is 2.29. The van der Waals surface area contributed by atoms with Crippen molar-refractivity contribution in [3.05, 3.63) is 119 Å². The van der Waals surface area contributed by atoms with Gasteiger partial charge in [-0.3, -0.25) is 9.59 Å². The molecule has 0 spiro atoms. The maximum absolute atomic E-state index is 13.8. The Balaban J connectivity index is 0.901. The molecule has 3 heterocycles. The normalized spacial score (nSPS) is 18.4. The van der Waals surface area contributed by atoms with Crippen molar-refractivity contribution >= 4 is 56.0 Å². The van der Waals surface area contributed by atoms with Crippen LogP contribution in [0.5, 0.6) is 11.5 Å². The number of sulfonamides is 2. The standard InChI is InChI=1S/C56H70N6O14S2/c1-37-13-25-43(26-14-37)77(69,70)61-29-9-11-47(61)49(63)57-45(51(65)75-55(3,4)5)35-39-17-21-41(22-18-39)73-53(67)59-31-33-60(34-32-59)54(68)74-42-23-19-40(20-24-42)36-46(52(66)76-56(6,7)8)58-50(64)48-12-10-30-62(48)78(71,72)44-27-15-38(2)16-28-44/h13-28,45-48H,9-12,29-36H2,1-8H3,(H,57,63)(H,58,64)/t45-,46-,47+,48+/m0/s1. The first-order valence-electron chi connectivity index (χ1n) is 26.0. The maximum Gasteiger partial charge on any atom is 0.415 e. The largest absolute Gasteiger partial charge is 0.458 e. The zero-order valence-corrected chi connectivity index (χ0v) is 47.0. The number of piperazine rings is 1. The van der Waals surface area contributed by atoms with Crippen LogP contribution in [-0.2, 0) is 61.5 Å². The summed E-state index contributed by atoms with van der Waals surface area (Å²) in [5.74, 6) is -2.23. The first-order chi connectivity index (χ1) is 36.7. The number of hydrogen-bond donors (Lipinski definition) is 2. The lowest BCUT2D eigenvalue weighted by atomic mass is 10.0. The van der Waals surface area contributed by atoms with Gasteiger partial charge in [-0.25, -0.2) is 36.0 Å². The molecular weight excluding hydrogens is 1040 g/mol. The number of amides is 4. The highest BCUT2D eigenvalue weighted by molar-refractivity contribution is 7.89. The number of carbonyl (C=O) groups is 6. The minimum absolute atomic E-state index is 0.00452. The van der Waals surface area contributed by atoms with E-state index in [0.29, 0.717) is 24.0 Å². The van der Waals surface area contributed by atoms with Crippen LogP contribution in [0.1, 0.15) is 89.5 Å². The number of ether oxygens (including phenoxy) is 4. The Labute approximate surface area is 456 Å². The zero-order valence-electron chi connectivity index (χ0n) is 45.4. The number of esters is 2. The summed E-state index contributed by atoms with van der Waals surface area (Å²) < 4.78 is 79.3. The van der Waals surface area contributed by atoms with Crippen molar-refractivity contribution in [2.75, 3.05) is 39.3 Å². The van der Waals surface area contributed by atoms with Gasteiger partial charge >= 0.3 is 24.1 Å². The topological polar surface area (TPSA) is 245 Å². The summed E-state index contributed by atoms with van der Waals surface area (Å²) in [5, 5.41) is 5.51. The Bertz CT molecular complexity index is 2840. The van der Waals surface area contributed by atoms with Gasteiger partial charge in [-0.15, -0.1) is 0 Å². The van der Waals surface area contributed by atoms with Crippen molar-refractivity contribution in [2.24, 2.45) is 0 Å². The number of aryl methyl sites for hydroxylation is 2. The molecule has 3 fully saturated rings. The molecule has 20 nitrogen and oxygen atoms in total. The lowest BCUT2D eigenvalue weighted by Gasteiger charge is -2.33. The number of benzene rings is 4. The lowest BCUT2D eigenvalue weighted by Crippen LogP contribution is -2.52. The Morgan fingerprint density at radius 3 is 1.13 bits per heavy atom. The second-order valence-electron chi connectivity index (χ2n) is 21.8. The van der Waals surface area contributed by atoms with Crippen molar-refractivity contribution in [3.63, 3.8) is 0 Å². The van der Waals surface area contributed by atoms with Crippen molar-refractivity contribution in [2.45, 2.75) is 139 Å². The predicted molar refractivity (Wildman–Crippen MR) is 287 cm³/mol. The summed E-state index contributed by atoms with van der Waals surface area (Å²) in [4.78, 5) is 84.1. The van der Waals surface area contributed by atoms with Gasteiger partial charge in [-0.2, -0.15) is 8.61 Å². The van der Waals surface area contributed by atoms with Crippen molar-refractivity contribution in [3.8, 4) is 11.5 Å². The van der Waals surface area contributed by atoms with E-state index >= 15 is 0 Å². The molecule has 0 aromatic heterocycles. The molecule has 4 amide bonds. The molecule has 3 aliphatic rings. The zero-order chi connectivity index (χ0) is 56.7. The summed E-state index contributed by atoms with van der Waals surface area (Å²) in [6.07, 6.45) is 0.162. The van der Waals surface area contributed by atoms with E-state index in [-0.39, 0.29) is 86.2 Å². The molecule has 0 unspecified atom stereocenters. The van der Waals surface area contributed by atoms with Crippen LogP contribution in [0, 0.1) is 13.8 Å². The van der Waals surface area contributed by atoms with Gasteiger partial charge in [0.15, 0.2) is 0 Å². The second kappa shape index (κ2) is 24.4. The monoisotopic (exact) mass is 1110 g/mol. The molecule has 4 aromatic rings. The fraction of sp³-hybridized carbons (Fsp3) is 0.464. The molecule has 0 radical (unpaired) electrons. The first kappa shape index (κ1) is 58.8. The summed E-state index contributed by atoms with van der Waals surface area (Å²) >= 11 is 0. The molecule has 3 aliphatic heterocycles. The Morgan fingerprint density at radius 1 is 0.500 bits per heavy atom. The summed E-state index contributed by atoms with van der Waals surface area (Å²) in [6.45, 7) is 14.7. The number of carbonyl (C=O) groups excluding carboxylic acids is 6. The van der Waals surface area contributed by atoms with Crippen LogP contribution in [-0.4, -0.2) is 146 Å². The van der Waals surface area contributed by atoms with Crippen LogP contribution in [0.25, 0.3) is 0 Å². The van der Waals surface area contributed by atoms with Crippen molar-refractivity contribution in [1.29, 1.82) is 0 Å². The number of nitrogens with zero attached hydrogens (tertiary/aromatic N) is 4. The van der Waals surface area contributed by atoms with E-state index in [0.717, 1.165) is 11.1 Å². The third kappa shape index (κ3) is 15.2. The molecule has 4 atom stereocenters. The number of rotatable bonds is 16. The molecule has 0 saturated carbocycles. The third-order valence-corrected chi connectivity index (χ3v) is 17.1. The summed E-state index contributed by atoms with van der Waals surface area (Å²) in [6, 6.07) is 21.1. The molecule has 78 heavy (non-hydrogen) atoms. The average molecular weight is 1120 g/mol. The summed E-state index contributed by atoms with van der Waals surface area (Å²) in [7, 11) is -8.00. The van der Waals surface area contributed by atoms with E-state index in [1.165, 1.54) is 42.7 Å². The smallest absolute Gasteiger partial charge is 0.415 e. The molecular formula is C56H70N6O14S2. The van der Waals surface area contributed by atoms with E-state index in [1.807, 2.05) is 13.8 Å². The Kier molecular flexibility index (Phi) is 18.4. The van der Waals surface area contributed by atoms with Gasteiger partial charge in [0, 0.05) is 52.1 Å². The first-order valence-corrected chi connectivity index (χ1v) is 28.9. The number of nitrogens with one attached hydrogen (secondary N) is 2. The van der Waals surface area contributed by atoms with Crippen LogP contribution < -0.4 is 20.1 Å². The highest BCUT2D eigenvalue weighted by atomic mass is 32.2. The van der Waals surface area contributed by atoms with Crippen LogP contribution in [0.3, 0.4) is 0 Å². The second-order valence-corrected chi connectivity index (χ2v) is 25.6. The fourth-order valence-electron chi connectivity index (χ4n) is 9.20. The minimum Gasteiger partial charge on any atom is -0.458 e. The Morgan fingerprint density at radius 2 is 0.821 bits per heavy atom. The molecule has 0 aliphatic carbocycles. The van der Waals surface area contributed by atoms with Gasteiger partial charge < -0.3 is 39.4 Å². The molecule has 2 N–H and O–H groups in total. The van der Waals surface area contributed by atoms with Gasteiger partial charge in [0.05, 0.1) is 9.79 Å². The van der Waals surface area contributed by atoms with E-state index in [4.69, 9.17) is 18.9 Å². The molecule has 0 bridgehead atoms. The van der Waals surface area contributed by atoms with Crippen LogP contribution >= 0.6 is 0 Å². The van der Waals surface area contributed by atoms with Gasteiger partial charge in [0.25, 0.3) is 0 Å². The lowest BCUT2D eigenvalue weighted by molar-refractivity contribution is -0.159. The molecule has 7 rings (SSSR count). The molecule has 4 aromatic carbocycles. The van der Waals surface area contributed by atoms with E-state index in [9.17, 15) is 45.6 Å². The maximum atomic E-state index is 13.8. The molecule has 420 valence electrons. The fourth-order valence-corrected chi connectivity index (χ4v) is 12.5. The van der Waals surface area contributed by atoms with Gasteiger partial charge in [-0.1, -0.05) is 59.7 Å². The number of hydrogen-bond acceptors (Lipinski definition) is 14. The summed E-state index contributed by atoms with van der Waals surface area (Å²) in [5.41, 5.74) is 1.21. The quantitative estimate of drug-likeness (QED) is 0.121. The van der Waals surface area contributed by atoms with Gasteiger partial charge in [-0.05, 0) is 141 Å². The predicted octanol–water partition coefficient (Wildman–Crippen LogP) is 6.06. The van der Waals surface area contributed by atoms with Crippen LogP contribution in [0.4, 0.5) is 9.59 Å². The highest BCUT2D eigenvalue weighted by Gasteiger charge is 2.43. The van der Waals surface area contributed by atoms with Crippen molar-refractivity contribution < 1.29 is 64.6 Å². The van der Waals surface area contributed by atoms with E-state index in [1.54, 1.807) is 114 Å². The van der Waals surface area contributed by atoms with Crippen molar-refractivity contribution in [1.82, 2.24) is 29.0 Å². The van der Waals surface area contributed by atoms with Gasteiger partial charge in [0.2, 0.25) is 31.9 Å². The molecule has 22 heteroatoms. The Hall–Kier alpha value is -6.88. The van der Waals surface area contributed by atoms with Crippen LogP contribution in [0.2, 0.25) is 0 Å². The third-order valence-electron chi connectivity index (χ3n) is 13.2. The van der Waals surface area contributed by atoms with Crippen LogP contribution in [0.15, 0.2) is 107 Å². The minimum atomic E-state index is -4.00. The van der Waals surface area contributed by atoms with E-state index < -0.39 is 91.4 Å². The average Bonchev–Trinajstić information content (AvgIpc) is 4.17. The SMILES string of the molecule is Cc1ccc(S(=O)(=O)N2CCC[C@@H]2C(=O)N[C@@H](Cc2ccc(OC(=O)N3CCN(C(=O)Oc4ccc(C[C@H](NC(=O)[C@H]5CCCN5S(=O)(=O)c5ccc(C)cc5)C(=O)OC(C)(C)C)cc4)CC3)cc2)C(=O)OC(C)(C)C)cc1. The van der Waals surface area contributed by atoms with E-state index in [2.05, 4.69) is 10.6 Å². The van der Waals surface area contributed by atoms with Gasteiger partial charge in [0.1, 0.15) is 46.9 Å². The molecule has 3 saturated heterocycles.